The van der Waals surface area contributed by atoms with Crippen LogP contribution in [-0.4, -0.2) is 43.6 Å². The molecule has 1 atom stereocenters. The molecule has 6 heteroatoms. The number of amides is 2. The fourth-order valence-corrected chi connectivity index (χ4v) is 2.64. The van der Waals surface area contributed by atoms with Crippen LogP contribution in [0.2, 0.25) is 0 Å². The minimum atomic E-state index is -0.503. The molecular formula is C19H20N2O4. The number of ether oxygens (including phenoxy) is 2. The van der Waals surface area contributed by atoms with Crippen LogP contribution in [0, 0.1) is 0 Å². The van der Waals surface area contributed by atoms with Crippen molar-refractivity contribution >= 4 is 17.7 Å². The smallest absolute Gasteiger partial charge is 0.410 e. The van der Waals surface area contributed by atoms with Crippen molar-refractivity contribution in [1.29, 1.82) is 0 Å². The largest absolute Gasteiger partial charge is 0.497 e. The lowest BCUT2D eigenvalue weighted by atomic mass is 10.1. The van der Waals surface area contributed by atoms with Crippen LogP contribution in [0.25, 0.3) is 0 Å². The molecule has 1 saturated heterocycles. The summed E-state index contributed by atoms with van der Waals surface area (Å²) in [6.45, 7) is 0.634. The van der Waals surface area contributed by atoms with Gasteiger partial charge in [0.05, 0.1) is 13.7 Å². The van der Waals surface area contributed by atoms with E-state index >= 15 is 0 Å². The molecule has 1 fully saturated rings. The predicted octanol–water partition coefficient (Wildman–Crippen LogP) is 2.68. The molecule has 0 spiro atoms. The molecule has 1 heterocycles. The number of rotatable bonds is 5. The number of anilines is 1. The molecule has 6 nitrogen and oxygen atoms in total. The summed E-state index contributed by atoms with van der Waals surface area (Å²) in [5.74, 6) is 0.610. The highest BCUT2D eigenvalue weighted by molar-refractivity contribution is 6.05. The van der Waals surface area contributed by atoms with Gasteiger partial charge in [0.1, 0.15) is 18.4 Å². The molecule has 130 valence electrons. The third-order valence-corrected chi connectivity index (χ3v) is 4.25. The SMILES string of the molecule is COc1ccc(N2CC(N(C)C(=O)OCc3ccccc3)C2=O)cc1. The van der Waals surface area contributed by atoms with Crippen molar-refractivity contribution < 1.29 is 19.1 Å². The van der Waals surface area contributed by atoms with Crippen molar-refractivity contribution in [3.63, 3.8) is 0 Å². The van der Waals surface area contributed by atoms with Gasteiger partial charge in [0.25, 0.3) is 5.91 Å². The van der Waals surface area contributed by atoms with Gasteiger partial charge < -0.3 is 14.4 Å². The van der Waals surface area contributed by atoms with Gasteiger partial charge in [-0.25, -0.2) is 4.79 Å². The lowest BCUT2D eigenvalue weighted by Crippen LogP contribution is -2.64. The zero-order valence-electron chi connectivity index (χ0n) is 14.2. The van der Waals surface area contributed by atoms with Gasteiger partial charge in [0.15, 0.2) is 0 Å². The van der Waals surface area contributed by atoms with E-state index in [9.17, 15) is 9.59 Å². The van der Waals surface area contributed by atoms with E-state index in [2.05, 4.69) is 0 Å². The first kappa shape index (κ1) is 16.8. The third-order valence-electron chi connectivity index (χ3n) is 4.25. The van der Waals surface area contributed by atoms with Crippen molar-refractivity contribution in [1.82, 2.24) is 4.90 Å². The molecule has 0 saturated carbocycles. The van der Waals surface area contributed by atoms with Crippen LogP contribution >= 0.6 is 0 Å². The number of methoxy groups -OCH3 is 1. The van der Waals surface area contributed by atoms with Crippen LogP contribution in [0.3, 0.4) is 0 Å². The lowest BCUT2D eigenvalue weighted by Gasteiger charge is -2.42. The number of carbonyl (C=O) groups is 2. The first-order chi connectivity index (χ1) is 12.1. The molecule has 0 bridgehead atoms. The van der Waals surface area contributed by atoms with E-state index in [1.807, 2.05) is 42.5 Å². The molecule has 0 aromatic heterocycles. The molecule has 0 N–H and O–H groups in total. The normalized spacial score (nSPS) is 16.2. The van der Waals surface area contributed by atoms with Gasteiger partial charge in [-0.2, -0.15) is 0 Å². The summed E-state index contributed by atoms with van der Waals surface area (Å²) in [6, 6.07) is 16.2. The number of carbonyl (C=O) groups excluding carboxylic acids is 2. The van der Waals surface area contributed by atoms with E-state index in [0.29, 0.717) is 6.54 Å². The summed E-state index contributed by atoms with van der Waals surface area (Å²) in [5, 5.41) is 0. The van der Waals surface area contributed by atoms with Crippen LogP contribution in [0.15, 0.2) is 54.6 Å². The zero-order chi connectivity index (χ0) is 17.8. The highest BCUT2D eigenvalue weighted by Crippen LogP contribution is 2.26. The molecule has 2 aromatic carbocycles. The van der Waals surface area contributed by atoms with Crippen LogP contribution in [-0.2, 0) is 16.1 Å². The second-order valence-corrected chi connectivity index (χ2v) is 5.81. The molecule has 3 rings (SSSR count). The minimum Gasteiger partial charge on any atom is -0.497 e. The molecule has 25 heavy (non-hydrogen) atoms. The fourth-order valence-electron chi connectivity index (χ4n) is 2.64. The number of hydrogen-bond donors (Lipinski definition) is 0. The van der Waals surface area contributed by atoms with Crippen molar-refractivity contribution in [2.75, 3.05) is 25.6 Å². The van der Waals surface area contributed by atoms with Crippen molar-refractivity contribution in [3.8, 4) is 5.75 Å². The maximum atomic E-state index is 12.4. The third kappa shape index (κ3) is 3.57. The number of hydrogen-bond acceptors (Lipinski definition) is 4. The van der Waals surface area contributed by atoms with Gasteiger partial charge in [0.2, 0.25) is 0 Å². The quantitative estimate of drug-likeness (QED) is 0.785. The highest BCUT2D eigenvalue weighted by Gasteiger charge is 2.42. The van der Waals surface area contributed by atoms with E-state index < -0.39 is 12.1 Å². The van der Waals surface area contributed by atoms with E-state index in [1.54, 1.807) is 31.2 Å². The fraction of sp³-hybridized carbons (Fsp3) is 0.263. The van der Waals surface area contributed by atoms with E-state index in [1.165, 1.54) is 4.90 Å². The summed E-state index contributed by atoms with van der Waals surface area (Å²) < 4.78 is 10.4. The molecular weight excluding hydrogens is 320 g/mol. The summed E-state index contributed by atoms with van der Waals surface area (Å²) in [4.78, 5) is 27.5. The Labute approximate surface area is 146 Å². The Morgan fingerprint density at radius 2 is 1.84 bits per heavy atom. The van der Waals surface area contributed by atoms with Gasteiger partial charge in [0, 0.05) is 12.7 Å². The predicted molar refractivity (Wildman–Crippen MR) is 93.5 cm³/mol. The topological polar surface area (TPSA) is 59.1 Å². The van der Waals surface area contributed by atoms with Crippen molar-refractivity contribution in [2.45, 2.75) is 12.6 Å². The Kier molecular flexibility index (Phi) is 4.88. The Balaban J connectivity index is 1.54. The molecule has 0 aliphatic carbocycles. The van der Waals surface area contributed by atoms with Crippen LogP contribution in [0.4, 0.5) is 10.5 Å². The standard InChI is InChI=1S/C19H20N2O4/c1-20(19(23)25-13-14-6-4-3-5-7-14)17-12-21(18(17)22)15-8-10-16(24-2)11-9-15/h3-11,17H,12-13H2,1-2H3. The average molecular weight is 340 g/mol. The molecule has 1 aliphatic rings. The van der Waals surface area contributed by atoms with Crippen LogP contribution < -0.4 is 9.64 Å². The summed E-state index contributed by atoms with van der Waals surface area (Å²) in [7, 11) is 3.18. The monoisotopic (exact) mass is 340 g/mol. The Morgan fingerprint density at radius 1 is 1.16 bits per heavy atom. The van der Waals surface area contributed by atoms with Gasteiger partial charge in [-0.15, -0.1) is 0 Å². The summed E-state index contributed by atoms with van der Waals surface area (Å²) >= 11 is 0. The Hall–Kier alpha value is -3.02. The molecule has 0 radical (unpaired) electrons. The summed E-state index contributed by atoms with van der Waals surface area (Å²) in [5.41, 5.74) is 1.69. The first-order valence-electron chi connectivity index (χ1n) is 7.99. The second-order valence-electron chi connectivity index (χ2n) is 5.81. The molecule has 1 aliphatic heterocycles. The number of nitrogens with zero attached hydrogens (tertiary/aromatic N) is 2. The molecule has 2 amide bonds. The highest BCUT2D eigenvalue weighted by atomic mass is 16.6. The van der Waals surface area contributed by atoms with Crippen LogP contribution in [0.1, 0.15) is 5.56 Å². The summed E-state index contributed by atoms with van der Waals surface area (Å²) in [6.07, 6.45) is -0.503. The van der Waals surface area contributed by atoms with Gasteiger partial charge >= 0.3 is 6.09 Å². The number of benzene rings is 2. The van der Waals surface area contributed by atoms with E-state index in [-0.39, 0.29) is 12.5 Å². The number of β-lactam (4-membered cyclic amide) rings is 1. The van der Waals surface area contributed by atoms with Gasteiger partial charge in [-0.05, 0) is 29.8 Å². The average Bonchev–Trinajstić information content (AvgIpc) is 2.66. The maximum Gasteiger partial charge on any atom is 0.410 e. The maximum absolute atomic E-state index is 12.4. The van der Waals surface area contributed by atoms with Gasteiger partial charge in [-0.3, -0.25) is 9.69 Å². The minimum absolute atomic E-state index is 0.121. The van der Waals surface area contributed by atoms with Crippen LogP contribution in [0.5, 0.6) is 5.75 Å². The zero-order valence-corrected chi connectivity index (χ0v) is 14.2. The molecule has 1 unspecified atom stereocenters. The lowest BCUT2D eigenvalue weighted by molar-refractivity contribution is -0.127. The first-order valence-corrected chi connectivity index (χ1v) is 7.99. The Bertz CT molecular complexity index is 746. The van der Waals surface area contributed by atoms with Gasteiger partial charge in [-0.1, -0.05) is 30.3 Å². The van der Waals surface area contributed by atoms with E-state index in [4.69, 9.17) is 9.47 Å². The number of likely N-dealkylation sites (N-methyl/N-ethyl adjacent to an activating group) is 1. The Morgan fingerprint density at radius 3 is 2.44 bits per heavy atom. The second kappa shape index (κ2) is 7.25. The van der Waals surface area contributed by atoms with Crippen molar-refractivity contribution in [3.05, 3.63) is 60.2 Å². The van der Waals surface area contributed by atoms with E-state index in [0.717, 1.165) is 17.0 Å². The molecule has 2 aromatic rings. The van der Waals surface area contributed by atoms with Crippen molar-refractivity contribution in [2.24, 2.45) is 0 Å².